The number of carbonyl (C=O) groups is 1. The van der Waals surface area contributed by atoms with Crippen molar-refractivity contribution in [1.29, 1.82) is 0 Å². The van der Waals surface area contributed by atoms with Crippen molar-refractivity contribution < 1.29 is 4.79 Å². The third kappa shape index (κ3) is 5.41. The third-order valence-electron chi connectivity index (χ3n) is 3.44. The van der Waals surface area contributed by atoms with Crippen LogP contribution in [-0.4, -0.2) is 32.6 Å². The number of nitrogens with one attached hydrogen (secondary N) is 1. The molecule has 0 aliphatic carbocycles. The first-order valence-corrected chi connectivity index (χ1v) is 10.9. The standard InChI is InChI=1S/C17H15BrClN5OS2/c1-2-24-16(11-3-5-12(19)6-4-11)22-23-17(24)26-10-15(25)21-20-9-13-7-8-14(18)27-13/h3-9H,2,10H2,1H3,(H,21,25)/b20-9+. The minimum Gasteiger partial charge on any atom is -0.302 e. The van der Waals surface area contributed by atoms with E-state index in [9.17, 15) is 4.79 Å². The zero-order valence-electron chi connectivity index (χ0n) is 14.2. The molecule has 0 saturated heterocycles. The highest BCUT2D eigenvalue weighted by molar-refractivity contribution is 9.11. The van der Waals surface area contributed by atoms with Crippen molar-refractivity contribution in [2.45, 2.75) is 18.6 Å². The number of carbonyl (C=O) groups excluding carboxylic acids is 1. The summed E-state index contributed by atoms with van der Waals surface area (Å²) < 4.78 is 2.98. The van der Waals surface area contributed by atoms with Crippen LogP contribution in [0.15, 0.2) is 50.4 Å². The van der Waals surface area contributed by atoms with Crippen LogP contribution in [0.25, 0.3) is 11.4 Å². The molecule has 3 rings (SSSR count). The van der Waals surface area contributed by atoms with Gasteiger partial charge in [0.2, 0.25) is 0 Å². The Morgan fingerprint density at radius 2 is 2.11 bits per heavy atom. The van der Waals surface area contributed by atoms with Crippen molar-refractivity contribution in [3.63, 3.8) is 0 Å². The molecule has 0 aliphatic heterocycles. The number of rotatable bonds is 7. The molecule has 6 nitrogen and oxygen atoms in total. The van der Waals surface area contributed by atoms with Gasteiger partial charge in [-0.15, -0.1) is 21.5 Å². The lowest BCUT2D eigenvalue weighted by Crippen LogP contribution is -2.19. The molecule has 2 aromatic heterocycles. The number of hydrogen-bond donors (Lipinski definition) is 1. The first-order chi connectivity index (χ1) is 13.1. The summed E-state index contributed by atoms with van der Waals surface area (Å²) in [6, 6.07) is 11.3. The van der Waals surface area contributed by atoms with E-state index >= 15 is 0 Å². The minimum atomic E-state index is -0.203. The Kier molecular flexibility index (Phi) is 7.06. The average molecular weight is 485 g/mol. The summed E-state index contributed by atoms with van der Waals surface area (Å²) in [4.78, 5) is 13.0. The van der Waals surface area contributed by atoms with Crippen LogP contribution in [0.1, 0.15) is 11.8 Å². The molecule has 3 aromatic rings. The number of thioether (sulfide) groups is 1. The van der Waals surface area contributed by atoms with Gasteiger partial charge in [0.05, 0.1) is 15.8 Å². The minimum absolute atomic E-state index is 0.199. The van der Waals surface area contributed by atoms with E-state index in [2.05, 4.69) is 36.7 Å². The molecule has 27 heavy (non-hydrogen) atoms. The predicted octanol–water partition coefficient (Wildman–Crippen LogP) is 4.68. The molecule has 140 valence electrons. The second kappa shape index (κ2) is 9.50. The van der Waals surface area contributed by atoms with Crippen molar-refractivity contribution in [2.75, 3.05) is 5.75 Å². The summed E-state index contributed by atoms with van der Waals surface area (Å²) in [6.45, 7) is 2.71. The zero-order valence-corrected chi connectivity index (χ0v) is 18.2. The van der Waals surface area contributed by atoms with Crippen LogP contribution in [0.2, 0.25) is 5.02 Å². The van der Waals surface area contributed by atoms with Gasteiger partial charge in [0.1, 0.15) is 0 Å². The molecule has 1 aromatic carbocycles. The second-order valence-corrected chi connectivity index (χ2v) is 9.15. The molecule has 10 heteroatoms. The first kappa shape index (κ1) is 20.1. The van der Waals surface area contributed by atoms with E-state index < -0.39 is 0 Å². The predicted molar refractivity (Wildman–Crippen MR) is 115 cm³/mol. The molecule has 0 spiro atoms. The van der Waals surface area contributed by atoms with Crippen molar-refractivity contribution in [1.82, 2.24) is 20.2 Å². The van der Waals surface area contributed by atoms with E-state index in [0.717, 1.165) is 20.1 Å². The number of halogens is 2. The number of nitrogens with zero attached hydrogens (tertiary/aromatic N) is 4. The van der Waals surface area contributed by atoms with Crippen molar-refractivity contribution in [3.8, 4) is 11.4 Å². The summed E-state index contributed by atoms with van der Waals surface area (Å²) in [7, 11) is 0. The normalized spacial score (nSPS) is 11.2. The molecule has 0 fully saturated rings. The third-order valence-corrected chi connectivity index (χ3v) is 6.22. The molecule has 0 unspecified atom stereocenters. The van der Waals surface area contributed by atoms with Crippen molar-refractivity contribution in [2.24, 2.45) is 5.10 Å². The van der Waals surface area contributed by atoms with Crippen LogP contribution in [0.5, 0.6) is 0 Å². The number of benzene rings is 1. The zero-order chi connectivity index (χ0) is 19.2. The second-order valence-electron chi connectivity index (χ2n) is 5.28. The monoisotopic (exact) mass is 483 g/mol. The fraction of sp³-hybridized carbons (Fsp3) is 0.176. The average Bonchev–Trinajstić information content (AvgIpc) is 3.26. The number of amides is 1. The van der Waals surface area contributed by atoms with Crippen LogP contribution >= 0.6 is 50.6 Å². The van der Waals surface area contributed by atoms with Gasteiger partial charge in [-0.1, -0.05) is 23.4 Å². The Morgan fingerprint density at radius 3 is 2.78 bits per heavy atom. The van der Waals surface area contributed by atoms with Crippen molar-refractivity contribution >= 4 is 62.8 Å². The number of thiophene rings is 1. The first-order valence-electron chi connectivity index (χ1n) is 7.96. The smallest absolute Gasteiger partial charge is 0.250 e. The molecule has 0 aliphatic rings. The maximum atomic E-state index is 12.0. The SMILES string of the molecule is CCn1c(SCC(=O)N/N=C/c2ccc(Br)s2)nnc1-c1ccc(Cl)cc1. The Labute approximate surface area is 178 Å². The van der Waals surface area contributed by atoms with Crippen LogP contribution < -0.4 is 5.43 Å². The lowest BCUT2D eigenvalue weighted by atomic mass is 10.2. The Morgan fingerprint density at radius 1 is 1.33 bits per heavy atom. The Balaban J connectivity index is 1.59. The molecular weight excluding hydrogens is 470 g/mol. The highest BCUT2D eigenvalue weighted by Crippen LogP contribution is 2.25. The van der Waals surface area contributed by atoms with E-state index in [1.807, 2.05) is 47.9 Å². The molecule has 1 N–H and O–H groups in total. The van der Waals surface area contributed by atoms with Gasteiger partial charge < -0.3 is 4.57 Å². The molecular formula is C17H15BrClN5OS2. The molecule has 0 saturated carbocycles. The van der Waals surface area contributed by atoms with E-state index in [1.54, 1.807) is 6.21 Å². The van der Waals surface area contributed by atoms with E-state index in [0.29, 0.717) is 16.7 Å². The highest BCUT2D eigenvalue weighted by Gasteiger charge is 2.14. The topological polar surface area (TPSA) is 72.2 Å². The number of aromatic nitrogens is 3. The lowest BCUT2D eigenvalue weighted by Gasteiger charge is -2.07. The Hall–Kier alpha value is -1.68. The van der Waals surface area contributed by atoms with E-state index in [1.165, 1.54) is 23.1 Å². The maximum Gasteiger partial charge on any atom is 0.250 e. The molecule has 1 amide bonds. The van der Waals surface area contributed by atoms with Gasteiger partial charge in [-0.2, -0.15) is 5.10 Å². The largest absolute Gasteiger partial charge is 0.302 e. The summed E-state index contributed by atoms with van der Waals surface area (Å²) >= 11 is 12.2. The fourth-order valence-corrected chi connectivity index (χ4v) is 4.44. The highest BCUT2D eigenvalue weighted by atomic mass is 79.9. The van der Waals surface area contributed by atoms with Gasteiger partial charge in [0.25, 0.3) is 5.91 Å². The van der Waals surface area contributed by atoms with Gasteiger partial charge in [-0.3, -0.25) is 4.79 Å². The van der Waals surface area contributed by atoms with Gasteiger partial charge in [0.15, 0.2) is 11.0 Å². The summed E-state index contributed by atoms with van der Waals surface area (Å²) in [5.41, 5.74) is 3.45. The van der Waals surface area contributed by atoms with E-state index in [4.69, 9.17) is 11.6 Å². The fourth-order valence-electron chi connectivity index (χ4n) is 2.22. The molecule has 0 radical (unpaired) electrons. The van der Waals surface area contributed by atoms with Crippen LogP contribution in [0.3, 0.4) is 0 Å². The molecule has 0 bridgehead atoms. The molecule has 0 atom stereocenters. The number of hydrogen-bond acceptors (Lipinski definition) is 6. The van der Waals surface area contributed by atoms with Crippen LogP contribution in [0.4, 0.5) is 0 Å². The van der Waals surface area contributed by atoms with Gasteiger partial charge >= 0.3 is 0 Å². The number of hydrazone groups is 1. The maximum absolute atomic E-state index is 12.0. The van der Waals surface area contributed by atoms with Crippen molar-refractivity contribution in [3.05, 3.63) is 50.1 Å². The van der Waals surface area contributed by atoms with Gasteiger partial charge in [-0.25, -0.2) is 5.43 Å². The summed E-state index contributed by atoms with van der Waals surface area (Å²) in [6.07, 6.45) is 1.62. The van der Waals surface area contributed by atoms with Gasteiger partial charge in [-0.05, 0) is 59.3 Å². The summed E-state index contributed by atoms with van der Waals surface area (Å²) in [5.74, 6) is 0.744. The van der Waals surface area contributed by atoms with Gasteiger partial charge in [0, 0.05) is 22.0 Å². The van der Waals surface area contributed by atoms with Crippen LogP contribution in [0, 0.1) is 0 Å². The summed E-state index contributed by atoms with van der Waals surface area (Å²) in [5, 5.41) is 13.8. The van der Waals surface area contributed by atoms with Crippen LogP contribution in [-0.2, 0) is 11.3 Å². The van der Waals surface area contributed by atoms with E-state index in [-0.39, 0.29) is 11.7 Å². The lowest BCUT2D eigenvalue weighted by molar-refractivity contribution is -0.118. The Bertz CT molecular complexity index is 955. The molecule has 2 heterocycles. The quantitative estimate of drug-likeness (QED) is 0.300.